The summed E-state index contributed by atoms with van der Waals surface area (Å²) in [7, 11) is -3.98. The number of hydrogen-bond donors (Lipinski definition) is 1. The minimum Gasteiger partial charge on any atom is -0.396 e. The van der Waals surface area contributed by atoms with Gasteiger partial charge < -0.3 is 10.5 Å². The first-order chi connectivity index (χ1) is 9.91. The summed E-state index contributed by atoms with van der Waals surface area (Å²) in [6.07, 6.45) is 2.35. The molecule has 21 heavy (non-hydrogen) atoms. The monoisotopic (exact) mass is 334 g/mol. The van der Waals surface area contributed by atoms with E-state index in [9.17, 15) is 12.8 Å². The summed E-state index contributed by atoms with van der Waals surface area (Å²) in [4.78, 5) is -0.458. The molecule has 0 aromatic heterocycles. The molecule has 1 aromatic carbocycles. The first-order valence-electron chi connectivity index (χ1n) is 6.79. The lowest BCUT2D eigenvalue weighted by atomic mass is 10.2. The van der Waals surface area contributed by atoms with Crippen LogP contribution in [0.1, 0.15) is 19.3 Å². The summed E-state index contributed by atoms with van der Waals surface area (Å²) in [6, 6.07) is 2.08. The molecule has 2 aliphatic rings. The highest BCUT2D eigenvalue weighted by Gasteiger charge is 2.43. The van der Waals surface area contributed by atoms with Gasteiger partial charge in [0.2, 0.25) is 10.0 Å². The highest BCUT2D eigenvalue weighted by Crippen LogP contribution is 2.35. The number of fused-ring (bicyclic) bond motifs is 1. The van der Waals surface area contributed by atoms with Gasteiger partial charge in [-0.1, -0.05) is 11.6 Å². The molecule has 8 heteroatoms. The van der Waals surface area contributed by atoms with Crippen molar-refractivity contribution in [2.24, 2.45) is 0 Å². The first kappa shape index (κ1) is 15.0. The fourth-order valence-corrected chi connectivity index (χ4v) is 5.16. The first-order valence-corrected chi connectivity index (χ1v) is 8.61. The number of anilines is 1. The SMILES string of the molecule is Nc1cc(Cl)cc(S(=O)(=O)N2CCOC3CCCC32)c1F. The molecule has 3 rings (SSSR count). The average Bonchev–Trinajstić information content (AvgIpc) is 2.90. The van der Waals surface area contributed by atoms with E-state index in [0.29, 0.717) is 6.61 Å². The van der Waals surface area contributed by atoms with Crippen molar-refractivity contribution in [2.75, 3.05) is 18.9 Å². The third-order valence-electron chi connectivity index (χ3n) is 4.05. The molecule has 1 aromatic rings. The van der Waals surface area contributed by atoms with Gasteiger partial charge in [0.15, 0.2) is 5.82 Å². The van der Waals surface area contributed by atoms with Crippen molar-refractivity contribution in [3.05, 3.63) is 23.0 Å². The van der Waals surface area contributed by atoms with Crippen LogP contribution in [0.15, 0.2) is 17.0 Å². The Hall–Kier alpha value is -0.890. The Labute approximate surface area is 127 Å². The molecule has 1 saturated carbocycles. The lowest BCUT2D eigenvalue weighted by Crippen LogP contribution is -2.51. The Morgan fingerprint density at radius 2 is 2.14 bits per heavy atom. The highest BCUT2D eigenvalue weighted by atomic mass is 35.5. The summed E-state index contributed by atoms with van der Waals surface area (Å²) in [5.41, 5.74) is 5.22. The number of sulfonamides is 1. The second kappa shape index (κ2) is 5.39. The van der Waals surface area contributed by atoms with E-state index in [0.717, 1.165) is 25.3 Å². The molecule has 2 unspecified atom stereocenters. The second-order valence-electron chi connectivity index (χ2n) is 5.33. The van der Waals surface area contributed by atoms with Gasteiger partial charge in [-0.2, -0.15) is 4.31 Å². The molecule has 0 radical (unpaired) electrons. The van der Waals surface area contributed by atoms with Gasteiger partial charge in [0.05, 0.1) is 24.4 Å². The fraction of sp³-hybridized carbons (Fsp3) is 0.538. The quantitative estimate of drug-likeness (QED) is 0.840. The number of hydrogen-bond acceptors (Lipinski definition) is 4. The number of nitrogens with zero attached hydrogens (tertiary/aromatic N) is 1. The van der Waals surface area contributed by atoms with Gasteiger partial charge in [0.1, 0.15) is 4.90 Å². The van der Waals surface area contributed by atoms with Gasteiger partial charge in [0.25, 0.3) is 0 Å². The number of halogens is 2. The molecule has 2 fully saturated rings. The third-order valence-corrected chi connectivity index (χ3v) is 6.19. The van der Waals surface area contributed by atoms with E-state index in [-0.39, 0.29) is 29.4 Å². The Bertz CT molecular complexity index is 668. The van der Waals surface area contributed by atoms with Crippen LogP contribution < -0.4 is 5.73 Å². The lowest BCUT2D eigenvalue weighted by molar-refractivity contribution is -0.0242. The van der Waals surface area contributed by atoms with Crippen molar-refractivity contribution in [1.82, 2.24) is 4.31 Å². The Morgan fingerprint density at radius 1 is 1.38 bits per heavy atom. The largest absolute Gasteiger partial charge is 0.396 e. The summed E-state index contributed by atoms with van der Waals surface area (Å²) in [5.74, 6) is -0.944. The summed E-state index contributed by atoms with van der Waals surface area (Å²) >= 11 is 5.82. The lowest BCUT2D eigenvalue weighted by Gasteiger charge is -2.36. The zero-order valence-electron chi connectivity index (χ0n) is 11.3. The predicted octanol–water partition coefficient (Wildman–Crippen LogP) is 2.00. The van der Waals surface area contributed by atoms with E-state index in [1.165, 1.54) is 10.4 Å². The van der Waals surface area contributed by atoms with Crippen LogP contribution in [0, 0.1) is 5.82 Å². The topological polar surface area (TPSA) is 72.6 Å². The molecule has 0 spiro atoms. The number of nitrogen functional groups attached to an aromatic ring is 1. The molecular weight excluding hydrogens is 319 g/mol. The number of ether oxygens (including phenoxy) is 1. The third kappa shape index (κ3) is 2.52. The molecule has 2 atom stereocenters. The van der Waals surface area contributed by atoms with E-state index in [4.69, 9.17) is 22.1 Å². The van der Waals surface area contributed by atoms with Gasteiger partial charge in [-0.15, -0.1) is 0 Å². The van der Waals surface area contributed by atoms with Gasteiger partial charge in [-0.25, -0.2) is 12.8 Å². The Kier molecular flexibility index (Phi) is 3.85. The summed E-state index contributed by atoms with van der Waals surface area (Å²) in [6.45, 7) is 0.535. The van der Waals surface area contributed by atoms with E-state index in [2.05, 4.69) is 0 Å². The predicted molar refractivity (Wildman–Crippen MR) is 77.1 cm³/mol. The zero-order valence-corrected chi connectivity index (χ0v) is 12.8. The van der Waals surface area contributed by atoms with Crippen molar-refractivity contribution in [2.45, 2.75) is 36.3 Å². The molecule has 1 heterocycles. The van der Waals surface area contributed by atoms with Crippen molar-refractivity contribution in [3.63, 3.8) is 0 Å². The van der Waals surface area contributed by atoms with Crippen LogP contribution in [-0.4, -0.2) is 38.0 Å². The van der Waals surface area contributed by atoms with Crippen molar-refractivity contribution >= 4 is 27.3 Å². The maximum absolute atomic E-state index is 14.2. The van der Waals surface area contributed by atoms with Crippen LogP contribution in [0.2, 0.25) is 5.02 Å². The molecule has 2 N–H and O–H groups in total. The fourth-order valence-electron chi connectivity index (χ4n) is 3.09. The van der Waals surface area contributed by atoms with Crippen molar-refractivity contribution < 1.29 is 17.5 Å². The van der Waals surface area contributed by atoms with Crippen LogP contribution in [0.5, 0.6) is 0 Å². The normalized spacial score (nSPS) is 26.8. The highest BCUT2D eigenvalue weighted by molar-refractivity contribution is 7.89. The maximum Gasteiger partial charge on any atom is 0.246 e. The minimum atomic E-state index is -3.98. The van der Waals surface area contributed by atoms with Gasteiger partial charge in [0, 0.05) is 11.6 Å². The van der Waals surface area contributed by atoms with Crippen LogP contribution in [-0.2, 0) is 14.8 Å². The molecular formula is C13H16ClFN2O3S. The van der Waals surface area contributed by atoms with Crippen molar-refractivity contribution in [3.8, 4) is 0 Å². The maximum atomic E-state index is 14.2. The van der Waals surface area contributed by atoms with Crippen LogP contribution in [0.4, 0.5) is 10.1 Å². The van der Waals surface area contributed by atoms with Gasteiger partial charge in [-0.05, 0) is 31.4 Å². The number of morpholine rings is 1. The molecule has 0 amide bonds. The molecule has 1 aliphatic carbocycles. The van der Waals surface area contributed by atoms with E-state index in [1.54, 1.807) is 0 Å². The Balaban J connectivity index is 2.04. The minimum absolute atomic E-state index is 0.101. The average molecular weight is 335 g/mol. The smallest absolute Gasteiger partial charge is 0.246 e. The zero-order chi connectivity index (χ0) is 15.2. The van der Waals surface area contributed by atoms with Crippen LogP contribution >= 0.6 is 11.6 Å². The van der Waals surface area contributed by atoms with E-state index < -0.39 is 20.7 Å². The standard InChI is InChI=1S/C13H16ClFN2O3S/c14-8-6-9(16)13(15)12(7-8)21(18,19)17-4-5-20-11-3-1-2-10(11)17/h6-7,10-11H,1-5,16H2. The molecule has 5 nitrogen and oxygen atoms in total. The molecule has 0 bridgehead atoms. The van der Waals surface area contributed by atoms with Gasteiger partial charge in [-0.3, -0.25) is 0 Å². The number of benzene rings is 1. The molecule has 1 aliphatic heterocycles. The van der Waals surface area contributed by atoms with Crippen molar-refractivity contribution in [1.29, 1.82) is 0 Å². The molecule has 116 valence electrons. The van der Waals surface area contributed by atoms with Crippen LogP contribution in [0.3, 0.4) is 0 Å². The number of rotatable bonds is 2. The van der Waals surface area contributed by atoms with Crippen LogP contribution in [0.25, 0.3) is 0 Å². The summed E-state index contributed by atoms with van der Waals surface area (Å²) in [5, 5.41) is 0.101. The number of nitrogens with two attached hydrogens (primary N) is 1. The second-order valence-corrected chi connectivity index (χ2v) is 7.63. The van der Waals surface area contributed by atoms with Gasteiger partial charge >= 0.3 is 0 Å². The summed E-state index contributed by atoms with van der Waals surface area (Å²) < 4.78 is 46.6. The van der Waals surface area contributed by atoms with E-state index >= 15 is 0 Å². The Morgan fingerprint density at radius 3 is 2.90 bits per heavy atom. The van der Waals surface area contributed by atoms with E-state index in [1.807, 2.05) is 0 Å². The molecule has 1 saturated heterocycles.